The van der Waals surface area contributed by atoms with Crippen LogP contribution in [0.1, 0.15) is 46.4 Å². The Morgan fingerprint density at radius 1 is 1.27 bits per heavy atom. The van der Waals surface area contributed by atoms with E-state index in [4.69, 9.17) is 11.5 Å². The number of aromatic carboxylic acids is 1. The van der Waals surface area contributed by atoms with Gasteiger partial charge < -0.3 is 27.2 Å². The lowest BCUT2D eigenvalue weighted by molar-refractivity contribution is 0.0697. The highest BCUT2D eigenvalue weighted by Crippen LogP contribution is 2.34. The van der Waals surface area contributed by atoms with E-state index in [2.05, 4.69) is 21.7 Å². The van der Waals surface area contributed by atoms with E-state index in [-0.39, 0.29) is 11.6 Å². The summed E-state index contributed by atoms with van der Waals surface area (Å²) in [7, 11) is 1.70. The van der Waals surface area contributed by atoms with Crippen LogP contribution in [0.4, 0.5) is 5.69 Å². The maximum atomic E-state index is 11.3. The van der Waals surface area contributed by atoms with E-state index in [1.54, 1.807) is 31.5 Å². The van der Waals surface area contributed by atoms with Crippen LogP contribution in [-0.4, -0.2) is 30.9 Å². The summed E-state index contributed by atoms with van der Waals surface area (Å²) in [5.74, 6) is -0.954. The molecule has 2 aromatic carbocycles. The molecule has 1 heterocycles. The summed E-state index contributed by atoms with van der Waals surface area (Å²) < 4.78 is 0. The number of carboxylic acids is 1. The number of fused-ring (bicyclic) bond motifs is 1. The Morgan fingerprint density at radius 2 is 2.07 bits per heavy atom. The number of carbonyl (C=O) groups is 1. The molecule has 7 heteroatoms. The molecule has 0 aliphatic carbocycles. The van der Waals surface area contributed by atoms with Gasteiger partial charge in [-0.05, 0) is 48.7 Å². The van der Waals surface area contributed by atoms with Gasteiger partial charge in [-0.15, -0.1) is 0 Å². The fraction of sp³-hybridized carbons (Fsp3) is 0.217. The number of nitrogens with two attached hydrogens (primary N) is 2. The SMILES string of the molecule is CN=CC(=CN)c1ccc2c(c1)C(Nc1cccc(C(=O)O)c1)CCN/C2=C(/C)N. The number of nitrogens with zero attached hydrogens (tertiary/aromatic N) is 1. The first-order valence-electron chi connectivity index (χ1n) is 9.73. The molecule has 0 saturated heterocycles. The predicted molar refractivity (Wildman–Crippen MR) is 122 cm³/mol. The zero-order chi connectivity index (χ0) is 21.7. The van der Waals surface area contributed by atoms with E-state index in [9.17, 15) is 9.90 Å². The number of carboxylic acid groups (broad SMARTS) is 1. The number of allylic oxidation sites excluding steroid dienone is 2. The number of rotatable bonds is 5. The molecule has 0 saturated carbocycles. The molecule has 0 aromatic heterocycles. The van der Waals surface area contributed by atoms with Crippen molar-refractivity contribution in [3.63, 3.8) is 0 Å². The van der Waals surface area contributed by atoms with Crippen molar-refractivity contribution >= 4 is 29.1 Å². The second-order valence-electron chi connectivity index (χ2n) is 7.17. The molecule has 0 amide bonds. The summed E-state index contributed by atoms with van der Waals surface area (Å²) in [6.07, 6.45) is 4.04. The Kier molecular flexibility index (Phi) is 6.41. The molecule has 1 aliphatic heterocycles. The lowest BCUT2D eigenvalue weighted by atomic mass is 9.92. The van der Waals surface area contributed by atoms with Crippen LogP contribution in [0, 0.1) is 0 Å². The van der Waals surface area contributed by atoms with Crippen LogP contribution in [0.3, 0.4) is 0 Å². The maximum absolute atomic E-state index is 11.3. The van der Waals surface area contributed by atoms with Gasteiger partial charge in [-0.2, -0.15) is 0 Å². The third-order valence-corrected chi connectivity index (χ3v) is 5.06. The molecule has 156 valence electrons. The lowest BCUT2D eigenvalue weighted by Gasteiger charge is -2.22. The Labute approximate surface area is 176 Å². The maximum Gasteiger partial charge on any atom is 0.335 e. The minimum atomic E-state index is -0.954. The number of nitrogens with one attached hydrogen (secondary N) is 2. The van der Waals surface area contributed by atoms with Gasteiger partial charge in [0.2, 0.25) is 0 Å². The minimum Gasteiger partial charge on any atom is -0.478 e. The fourth-order valence-electron chi connectivity index (χ4n) is 3.65. The van der Waals surface area contributed by atoms with Gasteiger partial charge in [0, 0.05) is 48.5 Å². The Balaban J connectivity index is 2.09. The molecule has 3 rings (SSSR count). The van der Waals surface area contributed by atoms with Crippen LogP contribution >= 0.6 is 0 Å². The van der Waals surface area contributed by atoms with E-state index in [0.29, 0.717) is 5.70 Å². The van der Waals surface area contributed by atoms with Gasteiger partial charge in [0.25, 0.3) is 0 Å². The first-order chi connectivity index (χ1) is 14.4. The summed E-state index contributed by atoms with van der Waals surface area (Å²) in [5, 5.41) is 16.2. The molecular weight excluding hydrogens is 378 g/mol. The quantitative estimate of drug-likeness (QED) is 0.487. The summed E-state index contributed by atoms with van der Waals surface area (Å²) in [4.78, 5) is 15.4. The van der Waals surface area contributed by atoms with Crippen LogP contribution in [0.2, 0.25) is 0 Å². The molecule has 1 aliphatic rings. The zero-order valence-electron chi connectivity index (χ0n) is 17.1. The second kappa shape index (κ2) is 9.17. The van der Waals surface area contributed by atoms with Crippen LogP contribution in [0.25, 0.3) is 11.3 Å². The van der Waals surface area contributed by atoms with Crippen molar-refractivity contribution in [2.45, 2.75) is 19.4 Å². The summed E-state index contributed by atoms with van der Waals surface area (Å²) in [6.45, 7) is 2.60. The summed E-state index contributed by atoms with van der Waals surface area (Å²) in [5.41, 5.74) is 18.4. The van der Waals surface area contributed by atoms with E-state index >= 15 is 0 Å². The van der Waals surface area contributed by atoms with Crippen LogP contribution in [-0.2, 0) is 0 Å². The third-order valence-electron chi connectivity index (χ3n) is 5.06. The number of hydrogen-bond donors (Lipinski definition) is 5. The molecule has 1 unspecified atom stereocenters. The van der Waals surface area contributed by atoms with Gasteiger partial charge in [0.15, 0.2) is 0 Å². The lowest BCUT2D eigenvalue weighted by Crippen LogP contribution is -2.17. The first-order valence-corrected chi connectivity index (χ1v) is 9.73. The van der Waals surface area contributed by atoms with Crippen LogP contribution < -0.4 is 22.1 Å². The highest BCUT2D eigenvalue weighted by Gasteiger charge is 2.23. The molecule has 0 bridgehead atoms. The Hall–Kier alpha value is -3.74. The number of anilines is 1. The zero-order valence-corrected chi connectivity index (χ0v) is 17.1. The van der Waals surface area contributed by atoms with Crippen molar-refractivity contribution in [1.29, 1.82) is 0 Å². The van der Waals surface area contributed by atoms with E-state index in [1.807, 2.05) is 25.1 Å². The van der Waals surface area contributed by atoms with Crippen LogP contribution in [0.15, 0.2) is 59.4 Å². The van der Waals surface area contributed by atoms with Crippen molar-refractivity contribution in [2.75, 3.05) is 18.9 Å². The van der Waals surface area contributed by atoms with Crippen molar-refractivity contribution in [3.8, 4) is 0 Å². The van der Waals surface area contributed by atoms with E-state index < -0.39 is 5.97 Å². The number of benzene rings is 2. The van der Waals surface area contributed by atoms with Gasteiger partial charge in [0.05, 0.1) is 17.3 Å². The fourth-order valence-corrected chi connectivity index (χ4v) is 3.65. The second-order valence-corrected chi connectivity index (χ2v) is 7.17. The summed E-state index contributed by atoms with van der Waals surface area (Å²) in [6, 6.07) is 12.9. The average Bonchev–Trinajstić information content (AvgIpc) is 2.91. The van der Waals surface area contributed by atoms with Crippen molar-refractivity contribution in [1.82, 2.24) is 5.32 Å². The van der Waals surface area contributed by atoms with Crippen molar-refractivity contribution < 1.29 is 9.90 Å². The Bertz CT molecular complexity index is 1040. The van der Waals surface area contributed by atoms with Gasteiger partial charge in [-0.3, -0.25) is 4.99 Å². The number of hydrogen-bond acceptors (Lipinski definition) is 6. The molecule has 30 heavy (non-hydrogen) atoms. The molecule has 7 N–H and O–H groups in total. The predicted octanol–water partition coefficient (Wildman–Crippen LogP) is 3.18. The monoisotopic (exact) mass is 405 g/mol. The molecular formula is C23H27N5O2. The molecule has 7 nitrogen and oxygen atoms in total. The van der Waals surface area contributed by atoms with Gasteiger partial charge in [-0.1, -0.05) is 18.2 Å². The van der Waals surface area contributed by atoms with Crippen LogP contribution in [0.5, 0.6) is 0 Å². The summed E-state index contributed by atoms with van der Waals surface area (Å²) >= 11 is 0. The first kappa shape index (κ1) is 21.0. The molecule has 0 fully saturated rings. The normalized spacial score (nSPS) is 18.3. The van der Waals surface area contributed by atoms with Gasteiger partial charge in [-0.25, -0.2) is 4.79 Å². The topological polar surface area (TPSA) is 126 Å². The van der Waals surface area contributed by atoms with Crippen molar-refractivity contribution in [3.05, 3.63) is 76.6 Å². The average molecular weight is 406 g/mol. The van der Waals surface area contributed by atoms with E-state index in [1.165, 1.54) is 6.20 Å². The smallest absolute Gasteiger partial charge is 0.335 e. The standard InChI is InChI=1S/C23H27N5O2/c1-14(25)22-19-7-6-15(17(12-24)13-26-2)11-20(19)21(8-9-27-22)28-18-5-3-4-16(10-18)23(29)30/h3-7,10-13,21,27-28H,8-9,24-25H2,1-2H3,(H,29,30)/b17-12?,22-14-,26-13?. The largest absolute Gasteiger partial charge is 0.478 e. The molecule has 2 aromatic rings. The highest BCUT2D eigenvalue weighted by molar-refractivity contribution is 6.09. The molecule has 0 radical (unpaired) electrons. The molecule has 0 spiro atoms. The van der Waals surface area contributed by atoms with Crippen molar-refractivity contribution in [2.24, 2.45) is 16.5 Å². The number of aliphatic imine (C=N–C) groups is 1. The van der Waals surface area contributed by atoms with Gasteiger partial charge >= 0.3 is 5.97 Å². The highest BCUT2D eigenvalue weighted by atomic mass is 16.4. The Morgan fingerprint density at radius 3 is 2.73 bits per heavy atom. The third kappa shape index (κ3) is 4.46. The molecule has 1 atom stereocenters. The van der Waals surface area contributed by atoms with Gasteiger partial charge in [0.1, 0.15) is 0 Å². The minimum absolute atomic E-state index is 0.0501. The van der Waals surface area contributed by atoms with E-state index in [0.717, 1.165) is 46.6 Å².